The van der Waals surface area contributed by atoms with Crippen molar-refractivity contribution in [2.24, 2.45) is 5.73 Å². The van der Waals surface area contributed by atoms with E-state index in [0.717, 1.165) is 16.7 Å². The summed E-state index contributed by atoms with van der Waals surface area (Å²) in [5.74, 6) is 1.14. The number of benzene rings is 2. The van der Waals surface area contributed by atoms with Crippen molar-refractivity contribution < 1.29 is 14.6 Å². The Kier molecular flexibility index (Phi) is 7.46. The number of ether oxygens (including phenoxy) is 2. The highest BCUT2D eigenvalue weighted by Gasteiger charge is 2.16. The van der Waals surface area contributed by atoms with Gasteiger partial charge in [-0.15, -0.1) is 10.2 Å². The molecule has 0 saturated heterocycles. The maximum atomic E-state index is 9.46. The summed E-state index contributed by atoms with van der Waals surface area (Å²) < 4.78 is 11.3. The van der Waals surface area contributed by atoms with Gasteiger partial charge in [0, 0.05) is 11.1 Å². The standard InChI is InChI=1S/C22H23ClN4O3S/c1-12(2)30-19-5-4-14(7-15(19)9-24)21-26-27-22(31-21)17-6-13(3)20(8-18(17)23)29-11-16(25)10-28/h4-8,12,16,28H,10-11,25H2,1-3H3/t16-/m1/s1. The fourth-order valence-electron chi connectivity index (χ4n) is 2.79. The van der Waals surface area contributed by atoms with Gasteiger partial charge in [-0.05, 0) is 56.7 Å². The van der Waals surface area contributed by atoms with E-state index in [4.69, 9.17) is 31.9 Å². The summed E-state index contributed by atoms with van der Waals surface area (Å²) in [4.78, 5) is 0. The number of rotatable bonds is 8. The average Bonchev–Trinajstić information content (AvgIpc) is 3.23. The van der Waals surface area contributed by atoms with Gasteiger partial charge in [0.2, 0.25) is 0 Å². The second kappa shape index (κ2) is 10.1. The fraction of sp³-hybridized carbons (Fsp3) is 0.318. The Morgan fingerprint density at radius 1 is 1.19 bits per heavy atom. The van der Waals surface area contributed by atoms with Gasteiger partial charge in [0.1, 0.15) is 34.2 Å². The molecule has 0 aliphatic rings. The van der Waals surface area contributed by atoms with Crippen LogP contribution < -0.4 is 15.2 Å². The van der Waals surface area contributed by atoms with Crippen LogP contribution in [0.2, 0.25) is 5.02 Å². The van der Waals surface area contributed by atoms with Crippen LogP contribution in [0.5, 0.6) is 11.5 Å². The normalized spacial score (nSPS) is 11.9. The van der Waals surface area contributed by atoms with Crippen LogP contribution in [-0.4, -0.2) is 40.7 Å². The number of aryl methyl sites for hydroxylation is 1. The third kappa shape index (κ3) is 5.51. The Bertz CT molecular complexity index is 1110. The monoisotopic (exact) mass is 458 g/mol. The molecule has 31 heavy (non-hydrogen) atoms. The summed E-state index contributed by atoms with van der Waals surface area (Å²) in [6.45, 7) is 5.75. The topological polar surface area (TPSA) is 114 Å². The number of aliphatic hydroxyl groups excluding tert-OH is 1. The van der Waals surface area contributed by atoms with E-state index < -0.39 is 6.04 Å². The Balaban J connectivity index is 1.87. The summed E-state index contributed by atoms with van der Waals surface area (Å²) in [7, 11) is 0. The number of nitrogens with two attached hydrogens (primary N) is 1. The number of hydrogen-bond donors (Lipinski definition) is 2. The second-order valence-electron chi connectivity index (χ2n) is 7.25. The molecule has 0 bridgehead atoms. The molecule has 1 aromatic heterocycles. The molecule has 1 heterocycles. The van der Waals surface area contributed by atoms with Gasteiger partial charge in [-0.3, -0.25) is 0 Å². The molecule has 1 atom stereocenters. The van der Waals surface area contributed by atoms with E-state index in [0.29, 0.717) is 32.1 Å². The summed E-state index contributed by atoms with van der Waals surface area (Å²) >= 11 is 7.85. The maximum Gasteiger partial charge on any atom is 0.149 e. The lowest BCUT2D eigenvalue weighted by molar-refractivity contribution is 0.206. The summed E-state index contributed by atoms with van der Waals surface area (Å²) in [6, 6.07) is 10.7. The maximum absolute atomic E-state index is 9.46. The molecule has 3 N–H and O–H groups in total. The zero-order valence-electron chi connectivity index (χ0n) is 17.4. The quantitative estimate of drug-likeness (QED) is 0.520. The summed E-state index contributed by atoms with van der Waals surface area (Å²) in [6.07, 6.45) is -0.0252. The first kappa shape index (κ1) is 23.0. The molecule has 2 aromatic carbocycles. The van der Waals surface area contributed by atoms with Gasteiger partial charge in [-0.1, -0.05) is 22.9 Å². The van der Waals surface area contributed by atoms with Crippen LogP contribution in [-0.2, 0) is 0 Å². The molecular formula is C22H23ClN4O3S. The van der Waals surface area contributed by atoms with Crippen LogP contribution in [0.25, 0.3) is 21.1 Å². The molecule has 9 heteroatoms. The molecule has 7 nitrogen and oxygen atoms in total. The number of hydrogen-bond acceptors (Lipinski definition) is 8. The first-order valence-corrected chi connectivity index (χ1v) is 10.9. The lowest BCUT2D eigenvalue weighted by Gasteiger charge is -2.14. The zero-order chi connectivity index (χ0) is 22.5. The van der Waals surface area contributed by atoms with Gasteiger partial charge in [0.15, 0.2) is 0 Å². The first-order chi connectivity index (χ1) is 14.8. The van der Waals surface area contributed by atoms with Gasteiger partial charge in [-0.25, -0.2) is 0 Å². The van der Waals surface area contributed by atoms with E-state index in [1.165, 1.54) is 11.3 Å². The molecule has 0 saturated carbocycles. The van der Waals surface area contributed by atoms with E-state index in [1.54, 1.807) is 18.2 Å². The molecule has 3 aromatic rings. The van der Waals surface area contributed by atoms with Crippen molar-refractivity contribution in [3.63, 3.8) is 0 Å². The zero-order valence-corrected chi connectivity index (χ0v) is 19.0. The van der Waals surface area contributed by atoms with Crippen molar-refractivity contribution >= 4 is 22.9 Å². The van der Waals surface area contributed by atoms with Crippen molar-refractivity contribution in [3.05, 3.63) is 46.5 Å². The van der Waals surface area contributed by atoms with Crippen LogP contribution >= 0.6 is 22.9 Å². The van der Waals surface area contributed by atoms with Gasteiger partial charge in [0.05, 0.1) is 29.3 Å². The van der Waals surface area contributed by atoms with Crippen molar-refractivity contribution in [1.29, 1.82) is 5.26 Å². The Morgan fingerprint density at radius 2 is 1.94 bits per heavy atom. The first-order valence-electron chi connectivity index (χ1n) is 9.66. The van der Waals surface area contributed by atoms with Gasteiger partial charge in [0.25, 0.3) is 0 Å². The van der Waals surface area contributed by atoms with E-state index in [2.05, 4.69) is 16.3 Å². The Labute approximate surface area is 190 Å². The highest BCUT2D eigenvalue weighted by Crippen LogP contribution is 2.38. The van der Waals surface area contributed by atoms with Crippen molar-refractivity contribution in [2.45, 2.75) is 32.9 Å². The molecule has 0 spiro atoms. The third-order valence-corrected chi connectivity index (χ3v) is 5.64. The number of nitriles is 1. The van der Waals surface area contributed by atoms with E-state index in [9.17, 15) is 5.26 Å². The van der Waals surface area contributed by atoms with Crippen molar-refractivity contribution in [3.8, 4) is 38.7 Å². The molecule has 0 fully saturated rings. The lowest BCUT2D eigenvalue weighted by atomic mass is 10.1. The predicted molar refractivity (Wildman–Crippen MR) is 122 cm³/mol. The van der Waals surface area contributed by atoms with E-state index >= 15 is 0 Å². The minimum absolute atomic E-state index is 0.0252. The molecular weight excluding hydrogens is 436 g/mol. The van der Waals surface area contributed by atoms with Crippen LogP contribution in [0.15, 0.2) is 30.3 Å². The molecule has 0 amide bonds. The minimum atomic E-state index is -0.459. The smallest absolute Gasteiger partial charge is 0.149 e. The summed E-state index contributed by atoms with van der Waals surface area (Å²) in [5, 5.41) is 28.9. The van der Waals surface area contributed by atoms with E-state index in [1.807, 2.05) is 32.9 Å². The van der Waals surface area contributed by atoms with Gasteiger partial charge < -0.3 is 20.3 Å². The van der Waals surface area contributed by atoms with Crippen LogP contribution in [0.3, 0.4) is 0 Å². The SMILES string of the molecule is Cc1cc(-c2nnc(-c3ccc(OC(C)C)c(C#N)c3)s2)c(Cl)cc1OC[C@H](N)CO. The van der Waals surface area contributed by atoms with Crippen molar-refractivity contribution in [2.75, 3.05) is 13.2 Å². The van der Waals surface area contributed by atoms with E-state index in [-0.39, 0.29) is 19.3 Å². The number of aliphatic hydroxyl groups is 1. The van der Waals surface area contributed by atoms with Crippen LogP contribution in [0.1, 0.15) is 25.0 Å². The second-order valence-corrected chi connectivity index (χ2v) is 8.64. The third-order valence-electron chi connectivity index (χ3n) is 4.32. The molecule has 0 aliphatic carbocycles. The lowest BCUT2D eigenvalue weighted by Crippen LogP contribution is -2.31. The minimum Gasteiger partial charge on any atom is -0.492 e. The Hall–Kier alpha value is -2.70. The number of aromatic nitrogens is 2. The largest absolute Gasteiger partial charge is 0.492 e. The van der Waals surface area contributed by atoms with Gasteiger partial charge >= 0.3 is 0 Å². The highest BCUT2D eigenvalue weighted by atomic mass is 35.5. The molecule has 162 valence electrons. The fourth-order valence-corrected chi connectivity index (χ4v) is 3.96. The van der Waals surface area contributed by atoms with Gasteiger partial charge in [-0.2, -0.15) is 5.26 Å². The molecule has 0 unspecified atom stereocenters. The average molecular weight is 459 g/mol. The number of nitrogens with zero attached hydrogens (tertiary/aromatic N) is 3. The molecule has 3 rings (SSSR count). The molecule has 0 aliphatic heterocycles. The summed E-state index contributed by atoms with van der Waals surface area (Å²) in [5.41, 5.74) is 8.51. The van der Waals surface area contributed by atoms with Crippen LogP contribution in [0, 0.1) is 18.3 Å². The highest BCUT2D eigenvalue weighted by molar-refractivity contribution is 7.18. The Morgan fingerprint density at radius 3 is 2.61 bits per heavy atom. The number of halogens is 1. The molecule has 0 radical (unpaired) electrons. The van der Waals surface area contributed by atoms with Crippen LogP contribution in [0.4, 0.5) is 0 Å². The van der Waals surface area contributed by atoms with Crippen molar-refractivity contribution in [1.82, 2.24) is 10.2 Å². The predicted octanol–water partition coefficient (Wildman–Crippen LogP) is 4.19.